The first-order chi connectivity index (χ1) is 12.6. The van der Waals surface area contributed by atoms with Crippen molar-refractivity contribution < 1.29 is 18.7 Å². The molecule has 0 radical (unpaired) electrons. The van der Waals surface area contributed by atoms with Crippen LogP contribution < -0.4 is 10.1 Å². The van der Waals surface area contributed by atoms with Gasteiger partial charge in [0.2, 0.25) is 11.8 Å². The standard InChI is InChI=1S/C18H21FN4O3/c1-12-4-3-5-14(19)17(12)26-16-9-21-13(8-22-16)10-23-6-7-25-15(11-23)18(24)20-2/h3-5,8-9,15H,6-7,10-11H2,1-2H3,(H,20,24)/t15-/m0/s1. The number of aryl methyl sites for hydroxylation is 1. The molecule has 1 fully saturated rings. The average molecular weight is 360 g/mol. The lowest BCUT2D eigenvalue weighted by Gasteiger charge is -2.31. The average Bonchev–Trinajstić information content (AvgIpc) is 2.66. The van der Waals surface area contributed by atoms with E-state index in [0.29, 0.717) is 31.8 Å². The largest absolute Gasteiger partial charge is 0.434 e. The number of nitrogens with zero attached hydrogens (tertiary/aromatic N) is 3. The molecule has 2 aromatic rings. The quantitative estimate of drug-likeness (QED) is 0.874. The minimum atomic E-state index is -0.478. The Kier molecular flexibility index (Phi) is 5.75. The molecule has 1 aliphatic heterocycles. The van der Waals surface area contributed by atoms with Crippen LogP contribution in [0.4, 0.5) is 4.39 Å². The van der Waals surface area contributed by atoms with Gasteiger partial charge >= 0.3 is 0 Å². The molecule has 0 unspecified atom stereocenters. The molecule has 138 valence electrons. The highest BCUT2D eigenvalue weighted by molar-refractivity contribution is 5.80. The molecule has 0 saturated carbocycles. The molecule has 2 heterocycles. The number of hydrogen-bond donors (Lipinski definition) is 1. The number of carbonyl (C=O) groups is 1. The summed E-state index contributed by atoms with van der Waals surface area (Å²) in [5.74, 6) is -0.197. The molecule has 0 bridgehead atoms. The van der Waals surface area contributed by atoms with Crippen molar-refractivity contribution in [3.8, 4) is 11.6 Å². The molecule has 1 aliphatic rings. The number of rotatable bonds is 5. The lowest BCUT2D eigenvalue weighted by Crippen LogP contribution is -2.48. The van der Waals surface area contributed by atoms with E-state index in [1.807, 2.05) is 0 Å². The number of aromatic nitrogens is 2. The second-order valence-electron chi connectivity index (χ2n) is 6.04. The van der Waals surface area contributed by atoms with Crippen LogP contribution in [0.3, 0.4) is 0 Å². The zero-order valence-electron chi connectivity index (χ0n) is 14.7. The highest BCUT2D eigenvalue weighted by atomic mass is 19.1. The Morgan fingerprint density at radius 2 is 2.27 bits per heavy atom. The Morgan fingerprint density at radius 3 is 2.96 bits per heavy atom. The summed E-state index contributed by atoms with van der Waals surface area (Å²) in [6.45, 7) is 4.00. The molecule has 1 aromatic heterocycles. The number of ether oxygens (including phenoxy) is 2. The van der Waals surface area contributed by atoms with Crippen LogP contribution in [0.25, 0.3) is 0 Å². The van der Waals surface area contributed by atoms with Crippen LogP contribution in [-0.2, 0) is 16.1 Å². The first kappa shape index (κ1) is 18.2. The van der Waals surface area contributed by atoms with Crippen molar-refractivity contribution in [2.24, 2.45) is 0 Å². The second kappa shape index (κ2) is 8.20. The molecule has 1 saturated heterocycles. The molecule has 3 rings (SSSR count). The van der Waals surface area contributed by atoms with Gasteiger partial charge in [0.25, 0.3) is 0 Å². The minimum absolute atomic E-state index is 0.134. The van der Waals surface area contributed by atoms with Gasteiger partial charge in [0.15, 0.2) is 11.6 Å². The molecular weight excluding hydrogens is 339 g/mol. The van der Waals surface area contributed by atoms with E-state index in [1.54, 1.807) is 32.3 Å². The van der Waals surface area contributed by atoms with Crippen LogP contribution in [0.2, 0.25) is 0 Å². The summed E-state index contributed by atoms with van der Waals surface area (Å²) >= 11 is 0. The highest BCUT2D eigenvalue weighted by Crippen LogP contribution is 2.26. The summed E-state index contributed by atoms with van der Waals surface area (Å²) in [5.41, 5.74) is 1.42. The number of carbonyl (C=O) groups excluding carboxylic acids is 1. The number of halogens is 1. The lowest BCUT2D eigenvalue weighted by molar-refractivity contribution is -0.138. The fourth-order valence-electron chi connectivity index (χ4n) is 2.72. The summed E-state index contributed by atoms with van der Waals surface area (Å²) < 4.78 is 24.8. The second-order valence-corrected chi connectivity index (χ2v) is 6.04. The highest BCUT2D eigenvalue weighted by Gasteiger charge is 2.26. The molecule has 0 spiro atoms. The third kappa shape index (κ3) is 4.33. The van der Waals surface area contributed by atoms with Crippen LogP contribution in [0.1, 0.15) is 11.3 Å². The van der Waals surface area contributed by atoms with E-state index >= 15 is 0 Å². The molecule has 0 aliphatic carbocycles. The third-order valence-corrected chi connectivity index (χ3v) is 4.13. The lowest BCUT2D eigenvalue weighted by atomic mass is 10.2. The van der Waals surface area contributed by atoms with Crippen molar-refractivity contribution in [2.45, 2.75) is 19.6 Å². The smallest absolute Gasteiger partial charge is 0.250 e. The Bertz CT molecular complexity index is 749. The number of likely N-dealkylation sites (N-methyl/N-ethyl adjacent to an activating group) is 1. The van der Waals surface area contributed by atoms with Crippen molar-refractivity contribution in [1.82, 2.24) is 20.2 Å². The van der Waals surface area contributed by atoms with Crippen molar-refractivity contribution in [1.29, 1.82) is 0 Å². The Balaban J connectivity index is 1.62. The third-order valence-electron chi connectivity index (χ3n) is 4.13. The summed E-state index contributed by atoms with van der Waals surface area (Å²) in [6, 6.07) is 4.73. The van der Waals surface area contributed by atoms with Crippen molar-refractivity contribution in [3.05, 3.63) is 47.7 Å². The van der Waals surface area contributed by atoms with Crippen LogP contribution in [0.15, 0.2) is 30.6 Å². The van der Waals surface area contributed by atoms with E-state index in [0.717, 1.165) is 5.69 Å². The molecular formula is C18H21FN4O3. The molecule has 1 aromatic carbocycles. The summed E-state index contributed by atoms with van der Waals surface area (Å²) in [7, 11) is 1.59. The number of para-hydroxylation sites is 1. The SMILES string of the molecule is CNC(=O)[C@@H]1CN(Cc2cnc(Oc3c(C)cccc3F)cn2)CCO1. The van der Waals surface area contributed by atoms with Crippen LogP contribution >= 0.6 is 0 Å². The summed E-state index contributed by atoms with van der Waals surface area (Å²) in [5, 5.41) is 2.59. The van der Waals surface area contributed by atoms with Crippen molar-refractivity contribution >= 4 is 5.91 Å². The summed E-state index contributed by atoms with van der Waals surface area (Å²) in [6.07, 6.45) is 2.58. The normalized spacial score (nSPS) is 17.7. The van der Waals surface area contributed by atoms with E-state index in [-0.39, 0.29) is 17.5 Å². The van der Waals surface area contributed by atoms with Crippen molar-refractivity contribution in [2.75, 3.05) is 26.7 Å². The molecule has 1 atom stereocenters. The minimum Gasteiger partial charge on any atom is -0.434 e. The van der Waals surface area contributed by atoms with Gasteiger partial charge in [0.05, 0.1) is 24.7 Å². The number of amides is 1. The van der Waals surface area contributed by atoms with Crippen molar-refractivity contribution in [3.63, 3.8) is 0 Å². The van der Waals surface area contributed by atoms with Gasteiger partial charge < -0.3 is 14.8 Å². The maximum Gasteiger partial charge on any atom is 0.250 e. The predicted octanol–water partition coefficient (Wildman–Crippen LogP) is 1.66. The van der Waals surface area contributed by atoms with Gasteiger partial charge in [0.1, 0.15) is 6.10 Å². The van der Waals surface area contributed by atoms with Gasteiger partial charge in [-0.3, -0.25) is 14.7 Å². The maximum absolute atomic E-state index is 13.8. The molecule has 7 nitrogen and oxygen atoms in total. The fraction of sp³-hybridized carbons (Fsp3) is 0.389. The topological polar surface area (TPSA) is 76.6 Å². The first-order valence-electron chi connectivity index (χ1n) is 8.36. The van der Waals surface area contributed by atoms with E-state index in [2.05, 4.69) is 20.2 Å². The van der Waals surface area contributed by atoms with Gasteiger partial charge in [-0.2, -0.15) is 0 Å². The van der Waals surface area contributed by atoms with E-state index in [4.69, 9.17) is 9.47 Å². The Morgan fingerprint density at radius 1 is 1.42 bits per heavy atom. The number of nitrogens with one attached hydrogen (secondary N) is 1. The monoisotopic (exact) mass is 360 g/mol. The van der Waals surface area contributed by atoms with Gasteiger partial charge in [-0.05, 0) is 18.6 Å². The zero-order chi connectivity index (χ0) is 18.5. The van der Waals surface area contributed by atoms with Crippen LogP contribution in [0.5, 0.6) is 11.6 Å². The molecule has 26 heavy (non-hydrogen) atoms. The van der Waals surface area contributed by atoms with Gasteiger partial charge in [-0.1, -0.05) is 12.1 Å². The van der Waals surface area contributed by atoms with E-state index in [9.17, 15) is 9.18 Å². The first-order valence-corrected chi connectivity index (χ1v) is 8.36. The maximum atomic E-state index is 13.8. The van der Waals surface area contributed by atoms with Crippen LogP contribution in [0, 0.1) is 12.7 Å². The van der Waals surface area contributed by atoms with Gasteiger partial charge in [-0.25, -0.2) is 9.37 Å². The predicted molar refractivity (Wildman–Crippen MR) is 92.3 cm³/mol. The van der Waals surface area contributed by atoms with E-state index in [1.165, 1.54) is 12.3 Å². The summed E-state index contributed by atoms with van der Waals surface area (Å²) in [4.78, 5) is 22.3. The van der Waals surface area contributed by atoms with Gasteiger partial charge in [0, 0.05) is 26.7 Å². The van der Waals surface area contributed by atoms with Crippen LogP contribution in [-0.4, -0.2) is 53.6 Å². The number of hydrogen-bond acceptors (Lipinski definition) is 6. The molecule has 1 amide bonds. The zero-order valence-corrected chi connectivity index (χ0v) is 14.7. The fourth-order valence-corrected chi connectivity index (χ4v) is 2.72. The number of morpholine rings is 1. The number of benzene rings is 1. The Hall–Kier alpha value is -2.58. The van der Waals surface area contributed by atoms with Gasteiger partial charge in [-0.15, -0.1) is 0 Å². The molecule has 1 N–H and O–H groups in total. The molecule has 8 heteroatoms. The Labute approximate surface area is 151 Å². The van der Waals surface area contributed by atoms with E-state index < -0.39 is 11.9 Å².